The second kappa shape index (κ2) is 4.63. The number of rotatable bonds is 2. The third-order valence-corrected chi connectivity index (χ3v) is 6.43. The van der Waals surface area contributed by atoms with Crippen LogP contribution in [-0.4, -0.2) is 15.0 Å². The van der Waals surface area contributed by atoms with Crippen molar-refractivity contribution >= 4 is 19.4 Å². The molecule has 17 heavy (non-hydrogen) atoms. The molecule has 2 rings (SSSR count). The summed E-state index contributed by atoms with van der Waals surface area (Å²) in [5.41, 5.74) is 2.06. The Bertz CT molecular complexity index is 423. The van der Waals surface area contributed by atoms with Crippen molar-refractivity contribution in [3.05, 3.63) is 40.4 Å². The zero-order valence-electron chi connectivity index (χ0n) is 11.4. The third-order valence-electron chi connectivity index (χ3n) is 3.66. The van der Waals surface area contributed by atoms with E-state index in [-0.39, 0.29) is 0 Å². The molecule has 0 heterocycles. The predicted molar refractivity (Wildman–Crippen MR) is 76.6 cm³/mol. The molecule has 1 aromatic rings. The third kappa shape index (κ3) is 2.51. The Labute approximate surface area is 112 Å². The van der Waals surface area contributed by atoms with Crippen molar-refractivity contribution in [1.82, 2.24) is 0 Å². The first-order valence-corrected chi connectivity index (χ1v) is 8.10. The van der Waals surface area contributed by atoms with Gasteiger partial charge in [-0.05, 0) is 0 Å². The van der Waals surface area contributed by atoms with Crippen molar-refractivity contribution in [2.24, 2.45) is 17.3 Å². The fourth-order valence-corrected chi connectivity index (χ4v) is 5.90. The monoisotopic (exact) mass is 294 g/mol. The predicted octanol–water partition coefficient (Wildman–Crippen LogP) is 3.60. The van der Waals surface area contributed by atoms with Crippen LogP contribution in [0.1, 0.15) is 34.6 Å². The van der Waals surface area contributed by atoms with Gasteiger partial charge < -0.3 is 0 Å². The standard InChI is InChI=1S/C16H22Se/c1-11-12(2)15(14(11)16(3,4)5)17-13-9-7-6-8-10-13/h6-12H,1-5H3/t11-,12-/m1/s1. The molecule has 0 bridgehead atoms. The molecule has 0 spiro atoms. The quantitative estimate of drug-likeness (QED) is 0.731. The Morgan fingerprint density at radius 1 is 0.941 bits per heavy atom. The Hall–Kier alpha value is -0.521. The van der Waals surface area contributed by atoms with Crippen LogP contribution in [0.4, 0.5) is 0 Å². The van der Waals surface area contributed by atoms with Gasteiger partial charge in [-0.15, -0.1) is 0 Å². The van der Waals surface area contributed by atoms with Crippen molar-refractivity contribution in [2.45, 2.75) is 34.6 Å². The van der Waals surface area contributed by atoms with E-state index >= 15 is 0 Å². The Kier molecular flexibility index (Phi) is 3.52. The summed E-state index contributed by atoms with van der Waals surface area (Å²) < 4.78 is 3.25. The van der Waals surface area contributed by atoms with Crippen LogP contribution in [0.5, 0.6) is 0 Å². The van der Waals surface area contributed by atoms with E-state index in [2.05, 4.69) is 65.0 Å². The van der Waals surface area contributed by atoms with Crippen molar-refractivity contribution in [3.63, 3.8) is 0 Å². The minimum atomic E-state index is 0.345. The van der Waals surface area contributed by atoms with Gasteiger partial charge in [0.05, 0.1) is 0 Å². The van der Waals surface area contributed by atoms with Gasteiger partial charge in [-0.25, -0.2) is 0 Å². The van der Waals surface area contributed by atoms with E-state index in [1.165, 1.54) is 4.46 Å². The van der Waals surface area contributed by atoms with E-state index in [0.29, 0.717) is 20.4 Å². The Morgan fingerprint density at radius 2 is 1.53 bits per heavy atom. The zero-order valence-corrected chi connectivity index (χ0v) is 13.2. The molecule has 92 valence electrons. The second-order valence-electron chi connectivity index (χ2n) is 6.02. The van der Waals surface area contributed by atoms with Crippen molar-refractivity contribution in [1.29, 1.82) is 0 Å². The van der Waals surface area contributed by atoms with Crippen LogP contribution < -0.4 is 4.46 Å². The molecule has 1 heteroatoms. The summed E-state index contributed by atoms with van der Waals surface area (Å²) >= 11 is 0.524. The van der Waals surface area contributed by atoms with Gasteiger partial charge in [-0.3, -0.25) is 0 Å². The Morgan fingerprint density at radius 3 is 2.06 bits per heavy atom. The summed E-state index contributed by atoms with van der Waals surface area (Å²) in [5.74, 6) is 1.56. The summed E-state index contributed by atoms with van der Waals surface area (Å²) in [6.45, 7) is 11.8. The molecule has 0 amide bonds. The molecule has 0 saturated carbocycles. The van der Waals surface area contributed by atoms with Crippen LogP contribution in [0.2, 0.25) is 0 Å². The van der Waals surface area contributed by atoms with Crippen LogP contribution in [0, 0.1) is 17.3 Å². The first kappa shape index (κ1) is 12.9. The molecule has 2 atom stereocenters. The normalized spacial score (nSPS) is 24.8. The maximum atomic E-state index is 2.39. The summed E-state index contributed by atoms with van der Waals surface area (Å²) in [6.07, 6.45) is 0. The molecule has 0 fully saturated rings. The molecule has 0 unspecified atom stereocenters. The molecule has 0 radical (unpaired) electrons. The van der Waals surface area contributed by atoms with Crippen LogP contribution in [0.3, 0.4) is 0 Å². The second-order valence-corrected chi connectivity index (χ2v) is 8.36. The Balaban J connectivity index is 2.28. The molecule has 1 aromatic carbocycles. The number of benzene rings is 1. The van der Waals surface area contributed by atoms with Crippen LogP contribution in [-0.2, 0) is 0 Å². The summed E-state index contributed by atoms with van der Waals surface area (Å²) in [7, 11) is 0. The number of hydrogen-bond donors (Lipinski definition) is 0. The molecular weight excluding hydrogens is 271 g/mol. The van der Waals surface area contributed by atoms with E-state index < -0.39 is 0 Å². The molecule has 1 aliphatic carbocycles. The fourth-order valence-electron chi connectivity index (χ4n) is 2.67. The zero-order chi connectivity index (χ0) is 12.6. The SMILES string of the molecule is C[C@H]1C([Se]c2ccccc2)=C(C(C)(C)C)[C@@H]1C. The maximum absolute atomic E-state index is 2.39. The fraction of sp³-hybridized carbons (Fsp3) is 0.500. The van der Waals surface area contributed by atoms with Gasteiger partial charge >= 0.3 is 112 Å². The van der Waals surface area contributed by atoms with Gasteiger partial charge in [0.2, 0.25) is 0 Å². The molecule has 0 aromatic heterocycles. The van der Waals surface area contributed by atoms with Gasteiger partial charge in [0.1, 0.15) is 0 Å². The van der Waals surface area contributed by atoms with Crippen molar-refractivity contribution < 1.29 is 0 Å². The molecule has 0 saturated heterocycles. The first-order chi connectivity index (χ1) is 7.91. The van der Waals surface area contributed by atoms with Crippen LogP contribution in [0.15, 0.2) is 40.4 Å². The van der Waals surface area contributed by atoms with E-state index in [9.17, 15) is 0 Å². The minimum absolute atomic E-state index is 0.345. The molecule has 0 nitrogen and oxygen atoms in total. The van der Waals surface area contributed by atoms with E-state index in [0.717, 1.165) is 11.8 Å². The average molecular weight is 293 g/mol. The van der Waals surface area contributed by atoms with Crippen LogP contribution in [0.25, 0.3) is 0 Å². The van der Waals surface area contributed by atoms with Gasteiger partial charge in [0.25, 0.3) is 0 Å². The van der Waals surface area contributed by atoms with Crippen molar-refractivity contribution in [2.75, 3.05) is 0 Å². The van der Waals surface area contributed by atoms with Gasteiger partial charge in [-0.2, -0.15) is 0 Å². The van der Waals surface area contributed by atoms with Crippen LogP contribution >= 0.6 is 0 Å². The molecule has 0 N–H and O–H groups in total. The van der Waals surface area contributed by atoms with E-state index in [1.54, 1.807) is 10.0 Å². The number of hydrogen-bond acceptors (Lipinski definition) is 0. The molecular formula is C16H22Se. The van der Waals surface area contributed by atoms with Gasteiger partial charge in [0, 0.05) is 0 Å². The average Bonchev–Trinajstić information content (AvgIpc) is 2.27. The molecule has 1 aliphatic rings. The van der Waals surface area contributed by atoms with E-state index in [4.69, 9.17) is 0 Å². The summed E-state index contributed by atoms with van der Waals surface area (Å²) in [5, 5.41) is 0. The van der Waals surface area contributed by atoms with E-state index in [1.807, 2.05) is 0 Å². The van der Waals surface area contributed by atoms with Gasteiger partial charge in [0.15, 0.2) is 0 Å². The summed E-state index contributed by atoms with van der Waals surface area (Å²) in [6, 6.07) is 10.9. The first-order valence-electron chi connectivity index (χ1n) is 6.38. The molecule has 0 aliphatic heterocycles. The summed E-state index contributed by atoms with van der Waals surface area (Å²) in [4.78, 5) is 0. The number of allylic oxidation sites excluding steroid dienone is 2. The van der Waals surface area contributed by atoms with Gasteiger partial charge in [-0.1, -0.05) is 0 Å². The van der Waals surface area contributed by atoms with Crippen molar-refractivity contribution in [3.8, 4) is 0 Å². The topological polar surface area (TPSA) is 0 Å².